The zero-order chi connectivity index (χ0) is 17.6. The Morgan fingerprint density at radius 1 is 1.04 bits per heavy atom. The molecule has 0 radical (unpaired) electrons. The van der Waals surface area contributed by atoms with Gasteiger partial charge < -0.3 is 10.2 Å². The second kappa shape index (κ2) is 5.88. The summed E-state index contributed by atoms with van der Waals surface area (Å²) in [5.74, 6) is -1.39. The second-order valence-corrected chi connectivity index (χ2v) is 6.66. The molecule has 0 amide bonds. The number of aromatic nitrogens is 1. The zero-order valence-corrected chi connectivity index (χ0v) is 14.0. The molecule has 0 fully saturated rings. The fourth-order valence-electron chi connectivity index (χ4n) is 3.68. The Hall–Kier alpha value is -2.88. The number of aryl methyl sites for hydroxylation is 3. The lowest BCUT2D eigenvalue weighted by Crippen LogP contribution is -2.08. The normalized spacial score (nSPS) is 13.6. The van der Waals surface area contributed by atoms with Crippen LogP contribution in [0.25, 0.3) is 22.2 Å². The van der Waals surface area contributed by atoms with Gasteiger partial charge in [-0.2, -0.15) is 0 Å². The number of hydrogen-bond donors (Lipinski definition) is 2. The van der Waals surface area contributed by atoms with Gasteiger partial charge in [-0.25, -0.2) is 9.78 Å². The number of nitrogens with zero attached hydrogens (tertiary/aromatic N) is 1. The molecule has 0 saturated heterocycles. The average Bonchev–Trinajstić information content (AvgIpc) is 2.61. The molecular weight excluding hydrogens is 314 g/mol. The van der Waals surface area contributed by atoms with Gasteiger partial charge in [-0.3, -0.25) is 0 Å². The van der Waals surface area contributed by atoms with Gasteiger partial charge in [-0.05, 0) is 43.7 Å². The number of aromatic carboxylic acids is 1. The largest absolute Gasteiger partial charge is 0.505 e. The summed E-state index contributed by atoms with van der Waals surface area (Å²) in [7, 11) is 0. The van der Waals surface area contributed by atoms with Gasteiger partial charge in [0.1, 0.15) is 11.3 Å². The molecule has 1 aromatic heterocycles. The quantitative estimate of drug-likeness (QED) is 0.725. The highest BCUT2D eigenvalue weighted by atomic mass is 16.4. The first-order valence-corrected chi connectivity index (χ1v) is 8.54. The summed E-state index contributed by atoms with van der Waals surface area (Å²) in [6.45, 7) is 1.98. The van der Waals surface area contributed by atoms with Crippen LogP contribution in [0.1, 0.15) is 39.9 Å². The van der Waals surface area contributed by atoms with Crippen LogP contribution in [0.2, 0.25) is 0 Å². The van der Waals surface area contributed by atoms with Gasteiger partial charge >= 0.3 is 5.97 Å². The first-order valence-electron chi connectivity index (χ1n) is 8.54. The molecule has 0 aliphatic heterocycles. The van der Waals surface area contributed by atoms with Crippen molar-refractivity contribution >= 4 is 16.9 Å². The van der Waals surface area contributed by atoms with Crippen LogP contribution in [0, 0.1) is 6.92 Å². The summed E-state index contributed by atoms with van der Waals surface area (Å²) in [4.78, 5) is 16.6. The van der Waals surface area contributed by atoms with Crippen molar-refractivity contribution in [3.05, 3.63) is 58.7 Å². The fraction of sp³-hybridized carbons (Fsp3) is 0.238. The van der Waals surface area contributed by atoms with E-state index in [0.717, 1.165) is 42.4 Å². The number of fused-ring (bicyclic) bond motifs is 3. The van der Waals surface area contributed by atoms with Gasteiger partial charge in [0.2, 0.25) is 0 Å². The van der Waals surface area contributed by atoms with Gasteiger partial charge in [0.25, 0.3) is 0 Å². The molecule has 4 heteroatoms. The predicted octanol–water partition coefficient (Wildman–Crippen LogP) is 4.49. The summed E-state index contributed by atoms with van der Waals surface area (Å²) >= 11 is 0. The van der Waals surface area contributed by atoms with E-state index >= 15 is 0 Å². The monoisotopic (exact) mass is 333 g/mol. The maximum Gasteiger partial charge on any atom is 0.340 e. The minimum absolute atomic E-state index is 0.0612. The number of hydrogen-bond acceptors (Lipinski definition) is 3. The Kier molecular flexibility index (Phi) is 3.68. The summed E-state index contributed by atoms with van der Waals surface area (Å²) in [6, 6.07) is 11.4. The molecule has 0 spiro atoms. The van der Waals surface area contributed by atoms with Gasteiger partial charge in [0.15, 0.2) is 5.75 Å². The van der Waals surface area contributed by atoms with Crippen molar-refractivity contribution in [2.24, 2.45) is 0 Å². The third-order valence-electron chi connectivity index (χ3n) is 5.00. The summed E-state index contributed by atoms with van der Waals surface area (Å²) < 4.78 is 0. The Labute approximate surface area is 145 Å². The van der Waals surface area contributed by atoms with E-state index in [4.69, 9.17) is 4.98 Å². The molecule has 1 aliphatic rings. The minimum atomic E-state index is -1.13. The Balaban J connectivity index is 2.08. The molecule has 2 aromatic carbocycles. The van der Waals surface area contributed by atoms with Crippen LogP contribution in [0.5, 0.6) is 5.75 Å². The lowest BCUT2D eigenvalue weighted by molar-refractivity contribution is 0.0696. The van der Waals surface area contributed by atoms with E-state index in [-0.39, 0.29) is 11.3 Å². The van der Waals surface area contributed by atoms with Crippen LogP contribution in [0.15, 0.2) is 36.4 Å². The standard InChI is InChI=1S/C21H19NO3/c1-12-6-8-14(9-7-12)18-20(23)17(21(24)25)16-11-10-13-4-2-3-5-15(13)19(16)22-18/h6-11,23H,2-5H2,1H3,(H,24,25). The van der Waals surface area contributed by atoms with Crippen LogP contribution in [0.4, 0.5) is 0 Å². The molecule has 1 heterocycles. The third kappa shape index (κ3) is 2.54. The first kappa shape index (κ1) is 15.6. The van der Waals surface area contributed by atoms with E-state index in [1.54, 1.807) is 6.07 Å². The second-order valence-electron chi connectivity index (χ2n) is 6.66. The molecule has 0 saturated carbocycles. The first-order chi connectivity index (χ1) is 12.1. The molecule has 0 unspecified atom stereocenters. The average molecular weight is 333 g/mol. The molecule has 4 nitrogen and oxygen atoms in total. The number of rotatable bonds is 2. The number of carboxylic acid groups (broad SMARTS) is 1. The van der Waals surface area contributed by atoms with E-state index in [1.165, 1.54) is 5.56 Å². The molecule has 0 atom stereocenters. The highest BCUT2D eigenvalue weighted by molar-refractivity contribution is 6.08. The van der Waals surface area contributed by atoms with Crippen LogP contribution in [-0.4, -0.2) is 21.2 Å². The fourth-order valence-corrected chi connectivity index (χ4v) is 3.68. The molecule has 126 valence electrons. The van der Waals surface area contributed by atoms with E-state index < -0.39 is 5.97 Å². The molecule has 25 heavy (non-hydrogen) atoms. The van der Waals surface area contributed by atoms with Gasteiger partial charge in [-0.1, -0.05) is 42.0 Å². The molecule has 2 N–H and O–H groups in total. The van der Waals surface area contributed by atoms with Crippen LogP contribution in [0.3, 0.4) is 0 Å². The number of aromatic hydroxyl groups is 1. The van der Waals surface area contributed by atoms with Crippen LogP contribution >= 0.6 is 0 Å². The van der Waals surface area contributed by atoms with Crippen molar-refractivity contribution < 1.29 is 15.0 Å². The van der Waals surface area contributed by atoms with Crippen molar-refractivity contribution in [3.8, 4) is 17.0 Å². The number of carbonyl (C=O) groups is 1. The van der Waals surface area contributed by atoms with E-state index in [1.807, 2.05) is 37.3 Å². The Bertz CT molecular complexity index is 990. The maximum absolute atomic E-state index is 11.9. The van der Waals surface area contributed by atoms with E-state index in [0.29, 0.717) is 16.6 Å². The SMILES string of the molecule is Cc1ccc(-c2nc3c4c(ccc3c(C(=O)O)c2O)CCCC4)cc1. The highest BCUT2D eigenvalue weighted by Gasteiger charge is 2.24. The van der Waals surface area contributed by atoms with Gasteiger partial charge in [-0.15, -0.1) is 0 Å². The molecule has 0 bridgehead atoms. The lowest BCUT2D eigenvalue weighted by atomic mass is 9.88. The van der Waals surface area contributed by atoms with Crippen molar-refractivity contribution in [2.45, 2.75) is 32.6 Å². The van der Waals surface area contributed by atoms with Crippen molar-refractivity contribution in [1.82, 2.24) is 4.98 Å². The van der Waals surface area contributed by atoms with Crippen LogP contribution < -0.4 is 0 Å². The maximum atomic E-state index is 11.9. The van der Waals surface area contributed by atoms with E-state index in [2.05, 4.69) is 0 Å². The van der Waals surface area contributed by atoms with Crippen molar-refractivity contribution in [3.63, 3.8) is 0 Å². The predicted molar refractivity (Wildman–Crippen MR) is 97.2 cm³/mol. The molecular formula is C21H19NO3. The number of benzene rings is 2. The topological polar surface area (TPSA) is 70.4 Å². The van der Waals surface area contributed by atoms with E-state index in [9.17, 15) is 15.0 Å². The third-order valence-corrected chi connectivity index (χ3v) is 5.00. The number of pyridine rings is 1. The van der Waals surface area contributed by atoms with Crippen molar-refractivity contribution in [1.29, 1.82) is 0 Å². The van der Waals surface area contributed by atoms with Gasteiger partial charge in [0, 0.05) is 10.9 Å². The molecule has 1 aliphatic carbocycles. The summed E-state index contributed by atoms with van der Waals surface area (Å²) in [5.41, 5.74) is 5.17. The molecule has 3 aromatic rings. The van der Waals surface area contributed by atoms with Crippen LogP contribution in [-0.2, 0) is 12.8 Å². The number of carboxylic acids is 1. The molecule has 4 rings (SSSR count). The minimum Gasteiger partial charge on any atom is -0.505 e. The van der Waals surface area contributed by atoms with Crippen molar-refractivity contribution in [2.75, 3.05) is 0 Å². The zero-order valence-electron chi connectivity index (χ0n) is 14.0. The highest BCUT2D eigenvalue weighted by Crippen LogP contribution is 2.38. The summed E-state index contributed by atoms with van der Waals surface area (Å²) in [5, 5.41) is 20.9. The Morgan fingerprint density at radius 2 is 1.76 bits per heavy atom. The smallest absolute Gasteiger partial charge is 0.340 e. The lowest BCUT2D eigenvalue weighted by Gasteiger charge is -2.19. The van der Waals surface area contributed by atoms with Gasteiger partial charge in [0.05, 0.1) is 5.52 Å². The Morgan fingerprint density at radius 3 is 2.48 bits per heavy atom. The summed E-state index contributed by atoms with van der Waals surface area (Å²) in [6.07, 6.45) is 4.12.